The van der Waals surface area contributed by atoms with E-state index in [1.54, 1.807) is 6.92 Å². The van der Waals surface area contributed by atoms with E-state index in [0.717, 1.165) is 12.3 Å². The summed E-state index contributed by atoms with van der Waals surface area (Å²) < 4.78 is 50.2. The molecule has 0 aliphatic rings. The molecule has 0 atom stereocenters. The second-order valence-electron chi connectivity index (χ2n) is 3.82. The average molecular weight is 289 g/mol. The smallest absolute Gasteiger partial charge is 0.288 e. The van der Waals surface area contributed by atoms with Gasteiger partial charge < -0.3 is 0 Å². The van der Waals surface area contributed by atoms with Gasteiger partial charge in [0.2, 0.25) is 5.78 Å². The van der Waals surface area contributed by atoms with Crippen molar-refractivity contribution >= 4 is 17.1 Å². The number of thiazole rings is 1. The molecule has 0 spiro atoms. The fourth-order valence-corrected chi connectivity index (χ4v) is 2.22. The van der Waals surface area contributed by atoms with E-state index in [1.165, 1.54) is 12.1 Å². The topological polar surface area (TPSA) is 30.0 Å². The minimum Gasteiger partial charge on any atom is -0.288 e. The van der Waals surface area contributed by atoms with Gasteiger partial charge in [0.15, 0.2) is 5.01 Å². The Hall–Kier alpha value is -1.76. The van der Waals surface area contributed by atoms with E-state index in [-0.39, 0.29) is 21.8 Å². The van der Waals surface area contributed by atoms with Gasteiger partial charge in [0.1, 0.15) is 5.82 Å². The lowest BCUT2D eigenvalue weighted by atomic mass is 10.0. The van der Waals surface area contributed by atoms with Gasteiger partial charge in [0.25, 0.3) is 0 Å². The van der Waals surface area contributed by atoms with E-state index in [4.69, 9.17) is 0 Å². The van der Waals surface area contributed by atoms with E-state index < -0.39 is 22.8 Å². The number of benzene rings is 1. The van der Waals surface area contributed by atoms with Gasteiger partial charge in [-0.2, -0.15) is 13.2 Å². The molecule has 0 bridgehead atoms. The molecule has 0 fully saturated rings. The number of halogens is 4. The summed E-state index contributed by atoms with van der Waals surface area (Å²) in [6.07, 6.45) is -3.72. The summed E-state index contributed by atoms with van der Waals surface area (Å²) in [6.45, 7) is 1.58. The van der Waals surface area contributed by atoms with Gasteiger partial charge >= 0.3 is 6.18 Å². The molecule has 0 aliphatic heterocycles. The molecule has 19 heavy (non-hydrogen) atoms. The standard InChI is InChI=1S/C12H7F4NOS/c1-6-2-3-7(13)4-8(6)10(18)9-5-17-11(19-9)12(14,15)16/h2-5H,1H3. The molecule has 0 N–H and O–H groups in total. The molecule has 2 rings (SSSR count). The molecular formula is C12H7F4NOS. The number of hydrogen-bond acceptors (Lipinski definition) is 3. The third-order valence-corrected chi connectivity index (χ3v) is 3.46. The molecule has 2 aromatic rings. The first kappa shape index (κ1) is 13.7. The number of carbonyl (C=O) groups excluding carboxylic acids is 1. The van der Waals surface area contributed by atoms with Crippen molar-refractivity contribution in [3.05, 3.63) is 51.2 Å². The molecule has 100 valence electrons. The molecule has 7 heteroatoms. The highest BCUT2D eigenvalue weighted by molar-refractivity contribution is 7.14. The van der Waals surface area contributed by atoms with Gasteiger partial charge in [-0.15, -0.1) is 11.3 Å². The quantitative estimate of drug-likeness (QED) is 0.621. The Balaban J connectivity index is 2.39. The molecule has 0 saturated carbocycles. The fraction of sp³-hybridized carbons (Fsp3) is 0.167. The molecular weight excluding hydrogens is 282 g/mol. The van der Waals surface area contributed by atoms with Crippen LogP contribution in [0, 0.1) is 12.7 Å². The summed E-state index contributed by atoms with van der Waals surface area (Å²) >= 11 is 0.249. The minimum atomic E-state index is -4.58. The van der Waals surface area contributed by atoms with Crippen LogP contribution in [0.3, 0.4) is 0 Å². The third-order valence-electron chi connectivity index (χ3n) is 2.42. The fourth-order valence-electron chi connectivity index (χ4n) is 1.48. The second kappa shape index (κ2) is 4.73. The number of hydrogen-bond donors (Lipinski definition) is 0. The number of alkyl halides is 3. The highest BCUT2D eigenvalue weighted by Gasteiger charge is 2.35. The Kier molecular flexibility index (Phi) is 3.40. The molecule has 1 aromatic heterocycles. The van der Waals surface area contributed by atoms with Crippen molar-refractivity contribution < 1.29 is 22.4 Å². The minimum absolute atomic E-state index is 0.0392. The zero-order valence-corrected chi connectivity index (χ0v) is 10.4. The van der Waals surface area contributed by atoms with Crippen LogP contribution in [0.1, 0.15) is 25.8 Å². The van der Waals surface area contributed by atoms with Crippen LogP contribution in [0.15, 0.2) is 24.4 Å². The highest BCUT2D eigenvalue weighted by atomic mass is 32.1. The van der Waals surface area contributed by atoms with E-state index >= 15 is 0 Å². The van der Waals surface area contributed by atoms with E-state index in [0.29, 0.717) is 5.56 Å². The van der Waals surface area contributed by atoms with Crippen molar-refractivity contribution in [2.75, 3.05) is 0 Å². The van der Waals surface area contributed by atoms with E-state index in [9.17, 15) is 22.4 Å². The lowest BCUT2D eigenvalue weighted by molar-refractivity contribution is -0.137. The Bertz CT molecular complexity index is 633. The highest BCUT2D eigenvalue weighted by Crippen LogP contribution is 2.33. The number of rotatable bonds is 2. The number of aryl methyl sites for hydroxylation is 1. The van der Waals surface area contributed by atoms with Crippen LogP contribution in [0.25, 0.3) is 0 Å². The van der Waals surface area contributed by atoms with Gasteiger partial charge in [-0.25, -0.2) is 9.37 Å². The van der Waals surface area contributed by atoms with Gasteiger partial charge in [-0.1, -0.05) is 6.07 Å². The van der Waals surface area contributed by atoms with Crippen LogP contribution in [-0.2, 0) is 6.18 Å². The predicted octanol–water partition coefficient (Wildman–Crippen LogP) is 3.84. The summed E-state index contributed by atoms with van der Waals surface area (Å²) in [4.78, 5) is 15.0. The van der Waals surface area contributed by atoms with E-state index in [1.807, 2.05) is 0 Å². The van der Waals surface area contributed by atoms with E-state index in [2.05, 4.69) is 4.98 Å². The lowest BCUT2D eigenvalue weighted by Crippen LogP contribution is -2.03. The maximum atomic E-state index is 13.1. The van der Waals surface area contributed by atoms with Gasteiger partial charge in [-0.3, -0.25) is 4.79 Å². The van der Waals surface area contributed by atoms with Crippen LogP contribution in [0.2, 0.25) is 0 Å². The van der Waals surface area contributed by atoms with Gasteiger partial charge in [-0.05, 0) is 24.6 Å². The van der Waals surface area contributed by atoms with Crippen LogP contribution in [0.4, 0.5) is 17.6 Å². The first-order valence-electron chi connectivity index (χ1n) is 5.13. The zero-order chi connectivity index (χ0) is 14.2. The van der Waals surface area contributed by atoms with Gasteiger partial charge in [0, 0.05) is 11.8 Å². The monoisotopic (exact) mass is 289 g/mol. The summed E-state index contributed by atoms with van der Waals surface area (Å²) in [5.41, 5.74) is 0.533. The van der Waals surface area contributed by atoms with Crippen LogP contribution < -0.4 is 0 Å². The number of nitrogens with zero attached hydrogens (tertiary/aromatic N) is 1. The summed E-state index contributed by atoms with van der Waals surface area (Å²) in [5, 5.41) is -1.09. The Morgan fingerprint density at radius 2 is 2.00 bits per heavy atom. The number of carbonyl (C=O) groups is 1. The van der Waals surface area contributed by atoms with Crippen molar-refractivity contribution in [1.29, 1.82) is 0 Å². The molecule has 1 heterocycles. The molecule has 0 aliphatic carbocycles. The molecule has 2 nitrogen and oxygen atoms in total. The molecule has 1 aromatic carbocycles. The maximum Gasteiger partial charge on any atom is 0.443 e. The zero-order valence-electron chi connectivity index (χ0n) is 9.58. The summed E-state index contributed by atoms with van der Waals surface area (Å²) in [5.74, 6) is -1.28. The summed E-state index contributed by atoms with van der Waals surface area (Å²) in [7, 11) is 0. The van der Waals surface area contributed by atoms with Crippen molar-refractivity contribution in [2.45, 2.75) is 13.1 Å². The van der Waals surface area contributed by atoms with Crippen LogP contribution >= 0.6 is 11.3 Å². The van der Waals surface area contributed by atoms with Gasteiger partial charge in [0.05, 0.1) is 4.88 Å². The largest absolute Gasteiger partial charge is 0.443 e. The Morgan fingerprint density at radius 1 is 1.32 bits per heavy atom. The molecule has 0 unspecified atom stereocenters. The lowest BCUT2D eigenvalue weighted by Gasteiger charge is -2.03. The Morgan fingerprint density at radius 3 is 2.58 bits per heavy atom. The van der Waals surface area contributed by atoms with Crippen molar-refractivity contribution in [2.24, 2.45) is 0 Å². The normalized spacial score (nSPS) is 11.6. The number of ketones is 1. The average Bonchev–Trinajstić information content (AvgIpc) is 2.80. The second-order valence-corrected chi connectivity index (χ2v) is 4.85. The summed E-state index contributed by atoms with van der Waals surface area (Å²) in [6, 6.07) is 3.58. The third kappa shape index (κ3) is 2.81. The first-order valence-corrected chi connectivity index (χ1v) is 5.94. The number of aromatic nitrogens is 1. The molecule has 0 saturated heterocycles. The van der Waals surface area contributed by atoms with Crippen LogP contribution in [0.5, 0.6) is 0 Å². The van der Waals surface area contributed by atoms with Crippen molar-refractivity contribution in [1.82, 2.24) is 4.98 Å². The van der Waals surface area contributed by atoms with Crippen molar-refractivity contribution in [3.8, 4) is 0 Å². The molecule has 0 radical (unpaired) electrons. The Labute approximate surface area is 109 Å². The SMILES string of the molecule is Cc1ccc(F)cc1C(=O)c1cnc(C(F)(F)F)s1. The maximum absolute atomic E-state index is 13.1. The first-order chi connectivity index (χ1) is 8.79. The van der Waals surface area contributed by atoms with Crippen molar-refractivity contribution in [3.63, 3.8) is 0 Å². The molecule has 0 amide bonds. The van der Waals surface area contributed by atoms with Crippen LogP contribution in [-0.4, -0.2) is 10.8 Å². The predicted molar refractivity (Wildman–Crippen MR) is 61.7 cm³/mol.